The third-order valence-electron chi connectivity index (χ3n) is 3.90. The lowest BCUT2D eigenvalue weighted by Crippen LogP contribution is -2.50. The molecule has 1 saturated heterocycles. The van der Waals surface area contributed by atoms with Gasteiger partial charge >= 0.3 is 0 Å². The Bertz CT molecular complexity index is 716. The van der Waals surface area contributed by atoms with Crippen LogP contribution in [0.1, 0.15) is 26.7 Å². The first-order chi connectivity index (χ1) is 11.0. The molecule has 2 heterocycles. The number of benzene rings is 1. The van der Waals surface area contributed by atoms with Crippen molar-refractivity contribution in [2.24, 2.45) is 0 Å². The van der Waals surface area contributed by atoms with Crippen LogP contribution in [0.4, 0.5) is 0 Å². The number of piperazine rings is 1. The quantitative estimate of drug-likeness (QED) is 0.849. The number of amides is 2. The Kier molecular flexibility index (Phi) is 4.39. The third kappa shape index (κ3) is 3.40. The van der Waals surface area contributed by atoms with E-state index in [9.17, 15) is 9.59 Å². The molecular weight excluding hydrogens is 316 g/mol. The van der Waals surface area contributed by atoms with Crippen LogP contribution in [0.5, 0.6) is 0 Å². The number of carbonyl (C=O) groups is 2. The van der Waals surface area contributed by atoms with E-state index in [0.717, 1.165) is 0 Å². The van der Waals surface area contributed by atoms with E-state index in [1.165, 1.54) is 0 Å². The van der Waals surface area contributed by atoms with Crippen LogP contribution in [0, 0.1) is 6.92 Å². The summed E-state index contributed by atoms with van der Waals surface area (Å²) in [6.45, 7) is 3.81. The summed E-state index contributed by atoms with van der Waals surface area (Å²) in [7, 11) is 0. The Labute approximate surface area is 139 Å². The Balaban J connectivity index is 1.61. The summed E-state index contributed by atoms with van der Waals surface area (Å²) in [4.78, 5) is 28.2. The molecule has 3 rings (SSSR count). The molecule has 2 aromatic rings. The van der Waals surface area contributed by atoms with Crippen LogP contribution < -0.4 is 0 Å². The summed E-state index contributed by atoms with van der Waals surface area (Å²) in [5, 5.41) is 0.603. The molecule has 1 aromatic heterocycles. The van der Waals surface area contributed by atoms with Gasteiger partial charge < -0.3 is 14.2 Å². The van der Waals surface area contributed by atoms with Gasteiger partial charge in [-0.2, -0.15) is 0 Å². The number of nitrogens with zero attached hydrogens (tertiary/aromatic N) is 2. The number of furan rings is 1. The minimum Gasteiger partial charge on any atom is -0.456 e. The second-order valence-corrected chi connectivity index (χ2v) is 5.94. The minimum atomic E-state index is -0.128. The molecule has 23 heavy (non-hydrogen) atoms. The second kappa shape index (κ2) is 6.46. The number of rotatable bonds is 2. The summed E-state index contributed by atoms with van der Waals surface area (Å²) in [6.07, 6.45) is 0. The first kappa shape index (κ1) is 15.6. The van der Waals surface area contributed by atoms with Crippen LogP contribution in [0.3, 0.4) is 0 Å². The van der Waals surface area contributed by atoms with Gasteiger partial charge in [0.25, 0.3) is 11.8 Å². The number of aryl methyl sites for hydroxylation is 1. The molecule has 120 valence electrons. The molecule has 0 atom stereocenters. The molecule has 5 nitrogen and oxygen atoms in total. The van der Waals surface area contributed by atoms with Crippen LogP contribution in [-0.2, 0) is 0 Å². The molecule has 2 amide bonds. The van der Waals surface area contributed by atoms with Crippen LogP contribution in [0.15, 0.2) is 40.8 Å². The van der Waals surface area contributed by atoms with Gasteiger partial charge in [-0.05, 0) is 43.3 Å². The SMILES string of the molecule is Cc1ccc(C(=O)N2CCN(C(=O)c3ccc(Cl)cc3)CC2)o1. The van der Waals surface area contributed by atoms with Crippen molar-refractivity contribution in [1.82, 2.24) is 9.80 Å². The van der Waals surface area contributed by atoms with E-state index in [0.29, 0.717) is 48.3 Å². The summed E-state index contributed by atoms with van der Waals surface area (Å²) in [5.41, 5.74) is 0.607. The van der Waals surface area contributed by atoms with Gasteiger partial charge in [-0.15, -0.1) is 0 Å². The highest BCUT2D eigenvalue weighted by Gasteiger charge is 2.26. The average Bonchev–Trinajstić information content (AvgIpc) is 3.01. The summed E-state index contributed by atoms with van der Waals surface area (Å²) in [5.74, 6) is 0.893. The molecule has 1 aliphatic heterocycles. The van der Waals surface area contributed by atoms with Crippen molar-refractivity contribution in [3.8, 4) is 0 Å². The largest absolute Gasteiger partial charge is 0.456 e. The van der Waals surface area contributed by atoms with Gasteiger partial charge in [-0.3, -0.25) is 9.59 Å². The van der Waals surface area contributed by atoms with Gasteiger partial charge in [0.1, 0.15) is 5.76 Å². The molecule has 0 saturated carbocycles. The molecular formula is C17H17ClN2O3. The van der Waals surface area contributed by atoms with Gasteiger partial charge in [-0.1, -0.05) is 11.6 Å². The Morgan fingerprint density at radius 3 is 2.00 bits per heavy atom. The number of carbonyl (C=O) groups excluding carboxylic acids is 2. The zero-order chi connectivity index (χ0) is 16.4. The fourth-order valence-corrected chi connectivity index (χ4v) is 2.72. The molecule has 0 bridgehead atoms. The van der Waals surface area contributed by atoms with Crippen molar-refractivity contribution in [3.63, 3.8) is 0 Å². The van der Waals surface area contributed by atoms with E-state index in [1.807, 2.05) is 0 Å². The molecule has 1 aromatic carbocycles. The van der Waals surface area contributed by atoms with Crippen LogP contribution in [0.25, 0.3) is 0 Å². The highest BCUT2D eigenvalue weighted by molar-refractivity contribution is 6.30. The van der Waals surface area contributed by atoms with E-state index in [1.54, 1.807) is 53.1 Å². The van der Waals surface area contributed by atoms with Crippen LogP contribution in [-0.4, -0.2) is 47.8 Å². The smallest absolute Gasteiger partial charge is 0.289 e. The van der Waals surface area contributed by atoms with E-state index < -0.39 is 0 Å². The van der Waals surface area contributed by atoms with E-state index in [4.69, 9.17) is 16.0 Å². The Morgan fingerprint density at radius 2 is 1.48 bits per heavy atom. The van der Waals surface area contributed by atoms with Crippen molar-refractivity contribution < 1.29 is 14.0 Å². The van der Waals surface area contributed by atoms with Gasteiger partial charge in [-0.25, -0.2) is 0 Å². The zero-order valence-corrected chi connectivity index (χ0v) is 13.5. The predicted octanol–water partition coefficient (Wildman–Crippen LogP) is 2.84. The molecule has 0 aliphatic carbocycles. The first-order valence-corrected chi connectivity index (χ1v) is 7.83. The van der Waals surface area contributed by atoms with E-state index in [2.05, 4.69) is 0 Å². The Hall–Kier alpha value is -2.27. The molecule has 0 N–H and O–H groups in total. The molecule has 6 heteroatoms. The highest BCUT2D eigenvalue weighted by atomic mass is 35.5. The maximum absolute atomic E-state index is 12.4. The molecule has 1 aliphatic rings. The molecule has 0 spiro atoms. The molecule has 0 unspecified atom stereocenters. The maximum atomic E-state index is 12.4. The predicted molar refractivity (Wildman–Crippen MR) is 86.7 cm³/mol. The highest BCUT2D eigenvalue weighted by Crippen LogP contribution is 2.15. The van der Waals surface area contributed by atoms with Crippen molar-refractivity contribution in [3.05, 3.63) is 58.5 Å². The fourth-order valence-electron chi connectivity index (χ4n) is 2.59. The number of halogens is 1. The van der Waals surface area contributed by atoms with Crippen molar-refractivity contribution in [2.45, 2.75) is 6.92 Å². The second-order valence-electron chi connectivity index (χ2n) is 5.50. The van der Waals surface area contributed by atoms with Gasteiger partial charge in [0.05, 0.1) is 0 Å². The van der Waals surface area contributed by atoms with E-state index in [-0.39, 0.29) is 11.8 Å². The van der Waals surface area contributed by atoms with Gasteiger partial charge in [0, 0.05) is 36.8 Å². The molecule has 0 radical (unpaired) electrons. The lowest BCUT2D eigenvalue weighted by atomic mass is 10.2. The molecule has 1 fully saturated rings. The topological polar surface area (TPSA) is 53.8 Å². The minimum absolute atomic E-state index is 0.0393. The Morgan fingerprint density at radius 1 is 0.913 bits per heavy atom. The monoisotopic (exact) mass is 332 g/mol. The van der Waals surface area contributed by atoms with Crippen LogP contribution in [0.2, 0.25) is 5.02 Å². The third-order valence-corrected chi connectivity index (χ3v) is 4.15. The van der Waals surface area contributed by atoms with Crippen molar-refractivity contribution in [1.29, 1.82) is 0 Å². The normalized spacial score (nSPS) is 14.9. The van der Waals surface area contributed by atoms with Gasteiger partial charge in [0.15, 0.2) is 5.76 Å². The standard InChI is InChI=1S/C17H17ClN2O3/c1-12-2-7-15(23-12)17(22)20-10-8-19(9-11-20)16(21)13-3-5-14(18)6-4-13/h2-7H,8-11H2,1H3. The first-order valence-electron chi connectivity index (χ1n) is 7.45. The lowest BCUT2D eigenvalue weighted by molar-refractivity contribution is 0.0517. The summed E-state index contributed by atoms with van der Waals surface area (Å²) < 4.78 is 5.37. The number of hydrogen-bond acceptors (Lipinski definition) is 3. The zero-order valence-electron chi connectivity index (χ0n) is 12.8. The van der Waals surface area contributed by atoms with E-state index >= 15 is 0 Å². The fraction of sp³-hybridized carbons (Fsp3) is 0.294. The summed E-state index contributed by atoms with van der Waals surface area (Å²) >= 11 is 5.84. The average molecular weight is 333 g/mol. The van der Waals surface area contributed by atoms with Crippen LogP contribution >= 0.6 is 11.6 Å². The van der Waals surface area contributed by atoms with Crippen molar-refractivity contribution >= 4 is 23.4 Å². The lowest BCUT2D eigenvalue weighted by Gasteiger charge is -2.34. The maximum Gasteiger partial charge on any atom is 0.289 e. The summed E-state index contributed by atoms with van der Waals surface area (Å²) in [6, 6.07) is 10.3. The number of hydrogen-bond donors (Lipinski definition) is 0. The van der Waals surface area contributed by atoms with Gasteiger partial charge in [0.2, 0.25) is 0 Å². The van der Waals surface area contributed by atoms with Crippen molar-refractivity contribution in [2.75, 3.05) is 26.2 Å².